The van der Waals surface area contributed by atoms with E-state index in [1.165, 1.54) is 5.56 Å². The molecule has 2 aromatic carbocycles. The molecule has 0 spiro atoms. The molecule has 0 saturated carbocycles. The average molecular weight is 348 g/mol. The fourth-order valence-corrected chi connectivity index (χ4v) is 2.91. The molecule has 0 fully saturated rings. The zero-order chi connectivity index (χ0) is 18.2. The average Bonchev–Trinajstić information content (AvgIpc) is 3.22. The van der Waals surface area contributed by atoms with E-state index < -0.39 is 0 Å². The minimum Gasteiger partial charge on any atom is -0.467 e. The van der Waals surface area contributed by atoms with Crippen LogP contribution in [0.1, 0.15) is 35.8 Å². The highest BCUT2D eigenvalue weighted by Crippen LogP contribution is 2.22. The van der Waals surface area contributed by atoms with E-state index in [4.69, 9.17) is 4.42 Å². The van der Waals surface area contributed by atoms with Crippen molar-refractivity contribution in [1.82, 2.24) is 10.6 Å². The molecule has 2 atom stereocenters. The van der Waals surface area contributed by atoms with Gasteiger partial charge in [0, 0.05) is 6.54 Å². The minimum atomic E-state index is -0.150. The highest BCUT2D eigenvalue weighted by Gasteiger charge is 2.17. The molecule has 0 aliphatic rings. The summed E-state index contributed by atoms with van der Waals surface area (Å²) in [6.07, 6.45) is 1.65. The molecule has 0 aliphatic carbocycles. The number of carbonyl (C=O) groups is 1. The van der Waals surface area contributed by atoms with Gasteiger partial charge < -0.3 is 9.73 Å². The summed E-state index contributed by atoms with van der Waals surface area (Å²) in [7, 11) is 0. The fraction of sp³-hybridized carbons (Fsp3) is 0.227. The number of rotatable bonds is 8. The highest BCUT2D eigenvalue weighted by molar-refractivity contribution is 5.78. The molecule has 0 saturated heterocycles. The van der Waals surface area contributed by atoms with Crippen LogP contribution in [0, 0.1) is 0 Å². The summed E-state index contributed by atoms with van der Waals surface area (Å²) in [5.74, 6) is 1.04. The van der Waals surface area contributed by atoms with Gasteiger partial charge in [0.25, 0.3) is 0 Å². The van der Waals surface area contributed by atoms with Crippen LogP contribution in [-0.2, 0) is 4.79 Å². The normalized spacial score (nSPS) is 13.1. The lowest BCUT2D eigenvalue weighted by atomic mass is 10.0. The molecule has 3 rings (SSSR count). The van der Waals surface area contributed by atoms with Crippen LogP contribution in [-0.4, -0.2) is 19.0 Å². The Kier molecular flexibility index (Phi) is 6.23. The van der Waals surface area contributed by atoms with E-state index in [-0.39, 0.29) is 24.4 Å². The van der Waals surface area contributed by atoms with Crippen LogP contribution in [0.2, 0.25) is 0 Å². The first-order chi connectivity index (χ1) is 12.7. The van der Waals surface area contributed by atoms with Gasteiger partial charge in [-0.2, -0.15) is 0 Å². The molecule has 1 aromatic heterocycles. The molecule has 134 valence electrons. The third-order valence-electron chi connectivity index (χ3n) is 4.40. The van der Waals surface area contributed by atoms with Gasteiger partial charge in [0.1, 0.15) is 5.76 Å². The maximum absolute atomic E-state index is 12.3. The van der Waals surface area contributed by atoms with Crippen molar-refractivity contribution >= 4 is 5.91 Å². The number of furan rings is 1. The first-order valence-electron chi connectivity index (χ1n) is 8.87. The predicted molar refractivity (Wildman–Crippen MR) is 103 cm³/mol. The molecule has 0 aliphatic heterocycles. The molecule has 1 heterocycles. The van der Waals surface area contributed by atoms with Crippen LogP contribution >= 0.6 is 0 Å². The molecule has 4 heteroatoms. The molecule has 1 amide bonds. The Labute approximate surface area is 154 Å². The van der Waals surface area contributed by atoms with E-state index in [1.54, 1.807) is 6.26 Å². The van der Waals surface area contributed by atoms with Gasteiger partial charge in [0.2, 0.25) is 5.91 Å². The summed E-state index contributed by atoms with van der Waals surface area (Å²) in [5, 5.41) is 6.30. The number of amides is 1. The quantitative estimate of drug-likeness (QED) is 0.649. The van der Waals surface area contributed by atoms with E-state index in [0.29, 0.717) is 6.54 Å². The van der Waals surface area contributed by atoms with Crippen molar-refractivity contribution in [3.05, 3.63) is 95.9 Å². The maximum Gasteiger partial charge on any atom is 0.234 e. The van der Waals surface area contributed by atoms with Gasteiger partial charge >= 0.3 is 0 Å². The summed E-state index contributed by atoms with van der Waals surface area (Å²) in [5.41, 5.74) is 2.28. The van der Waals surface area contributed by atoms with Gasteiger partial charge in [-0.15, -0.1) is 0 Å². The molecular weight excluding hydrogens is 324 g/mol. The van der Waals surface area contributed by atoms with Gasteiger partial charge in [-0.05, 0) is 29.2 Å². The van der Waals surface area contributed by atoms with Crippen molar-refractivity contribution in [2.75, 3.05) is 13.1 Å². The van der Waals surface area contributed by atoms with E-state index >= 15 is 0 Å². The zero-order valence-corrected chi connectivity index (χ0v) is 14.9. The molecule has 0 unspecified atom stereocenters. The Bertz CT molecular complexity index is 786. The van der Waals surface area contributed by atoms with E-state index in [0.717, 1.165) is 11.3 Å². The summed E-state index contributed by atoms with van der Waals surface area (Å²) < 4.78 is 5.54. The lowest BCUT2D eigenvalue weighted by Gasteiger charge is -2.18. The van der Waals surface area contributed by atoms with Crippen LogP contribution in [0.3, 0.4) is 0 Å². The number of benzene rings is 2. The summed E-state index contributed by atoms with van der Waals surface area (Å²) in [4.78, 5) is 12.3. The third-order valence-corrected chi connectivity index (χ3v) is 4.40. The second-order valence-electron chi connectivity index (χ2n) is 6.36. The van der Waals surface area contributed by atoms with Gasteiger partial charge in [-0.1, -0.05) is 67.6 Å². The van der Waals surface area contributed by atoms with Crippen LogP contribution in [0.4, 0.5) is 0 Å². The SMILES string of the molecule is C[C@H](CNC(=O)CN[C@H](c1ccccc1)c1ccco1)c1ccccc1. The van der Waals surface area contributed by atoms with Crippen molar-refractivity contribution < 1.29 is 9.21 Å². The van der Waals surface area contributed by atoms with Gasteiger partial charge in [-0.3, -0.25) is 10.1 Å². The molecule has 0 bridgehead atoms. The Balaban J connectivity index is 1.55. The van der Waals surface area contributed by atoms with E-state index in [1.807, 2.05) is 60.7 Å². The van der Waals surface area contributed by atoms with Crippen molar-refractivity contribution in [3.8, 4) is 0 Å². The number of hydrogen-bond acceptors (Lipinski definition) is 3. The molecule has 4 nitrogen and oxygen atoms in total. The van der Waals surface area contributed by atoms with Crippen LogP contribution in [0.5, 0.6) is 0 Å². The molecule has 3 aromatic rings. The summed E-state index contributed by atoms with van der Waals surface area (Å²) >= 11 is 0. The van der Waals surface area contributed by atoms with Crippen molar-refractivity contribution in [1.29, 1.82) is 0 Å². The Morgan fingerprint density at radius 1 is 0.923 bits per heavy atom. The van der Waals surface area contributed by atoms with Crippen LogP contribution < -0.4 is 10.6 Å². The number of hydrogen-bond donors (Lipinski definition) is 2. The summed E-state index contributed by atoms with van der Waals surface area (Å²) in [6, 6.07) is 23.8. The van der Waals surface area contributed by atoms with Crippen molar-refractivity contribution in [2.45, 2.75) is 18.9 Å². The topological polar surface area (TPSA) is 54.3 Å². The van der Waals surface area contributed by atoms with E-state index in [9.17, 15) is 4.79 Å². The van der Waals surface area contributed by atoms with Gasteiger partial charge in [0.05, 0.1) is 18.8 Å². The fourth-order valence-electron chi connectivity index (χ4n) is 2.91. The van der Waals surface area contributed by atoms with Crippen molar-refractivity contribution in [3.63, 3.8) is 0 Å². The predicted octanol–water partition coefficient (Wildman–Crippen LogP) is 3.88. The first kappa shape index (κ1) is 18.0. The molecular formula is C22H24N2O2. The second kappa shape index (κ2) is 9.02. The monoisotopic (exact) mass is 348 g/mol. The van der Waals surface area contributed by atoms with Crippen molar-refractivity contribution in [2.24, 2.45) is 0 Å². The largest absolute Gasteiger partial charge is 0.467 e. The number of nitrogens with one attached hydrogen (secondary N) is 2. The smallest absolute Gasteiger partial charge is 0.234 e. The Hall–Kier alpha value is -2.85. The Morgan fingerprint density at radius 3 is 2.19 bits per heavy atom. The summed E-state index contributed by atoms with van der Waals surface area (Å²) in [6.45, 7) is 2.95. The third kappa shape index (κ3) is 4.83. The van der Waals surface area contributed by atoms with Crippen LogP contribution in [0.25, 0.3) is 0 Å². The molecule has 2 N–H and O–H groups in total. The minimum absolute atomic E-state index is 0.0275. The second-order valence-corrected chi connectivity index (χ2v) is 6.36. The van der Waals surface area contributed by atoms with E-state index in [2.05, 4.69) is 29.7 Å². The molecule has 26 heavy (non-hydrogen) atoms. The standard InChI is InChI=1S/C22H24N2O2/c1-17(18-9-4-2-5-10-18)15-23-21(25)16-24-22(20-13-8-14-26-20)19-11-6-3-7-12-19/h2-14,17,22,24H,15-16H2,1H3,(H,23,25)/t17-,22-/m1/s1. The number of carbonyl (C=O) groups excluding carboxylic acids is 1. The van der Waals surface area contributed by atoms with Gasteiger partial charge in [-0.25, -0.2) is 0 Å². The zero-order valence-electron chi connectivity index (χ0n) is 14.9. The lowest BCUT2D eigenvalue weighted by molar-refractivity contribution is -0.120. The first-order valence-corrected chi connectivity index (χ1v) is 8.87. The maximum atomic E-state index is 12.3. The molecule has 0 radical (unpaired) electrons. The Morgan fingerprint density at radius 2 is 1.58 bits per heavy atom. The van der Waals surface area contributed by atoms with Gasteiger partial charge in [0.15, 0.2) is 0 Å². The van der Waals surface area contributed by atoms with Crippen LogP contribution in [0.15, 0.2) is 83.5 Å². The lowest BCUT2D eigenvalue weighted by Crippen LogP contribution is -2.37. The highest BCUT2D eigenvalue weighted by atomic mass is 16.3.